The number of nitrogens with zero attached hydrogens (tertiary/aromatic N) is 2. The average Bonchev–Trinajstić information content (AvgIpc) is 2.78. The Morgan fingerprint density at radius 1 is 1.24 bits per heavy atom. The van der Waals surface area contributed by atoms with Gasteiger partial charge in [0.25, 0.3) is 5.91 Å². The van der Waals surface area contributed by atoms with Crippen molar-refractivity contribution in [3.8, 4) is 0 Å². The first-order valence-corrected chi connectivity index (χ1v) is 6.54. The fourth-order valence-corrected chi connectivity index (χ4v) is 2.79. The molecule has 3 rings (SSSR count). The van der Waals surface area contributed by atoms with Crippen LogP contribution < -0.4 is 0 Å². The molecule has 1 amide bonds. The summed E-state index contributed by atoms with van der Waals surface area (Å²) in [6.45, 7) is 0.654. The van der Waals surface area contributed by atoms with E-state index in [0.717, 1.165) is 12.8 Å². The quantitative estimate of drug-likeness (QED) is 0.617. The Hall–Kier alpha value is -2.09. The summed E-state index contributed by atoms with van der Waals surface area (Å²) in [5, 5.41) is 10.5. The lowest BCUT2D eigenvalue weighted by molar-refractivity contribution is -0.387. The maximum absolute atomic E-state index is 13.9. The Bertz CT molecular complexity index is 610. The molecule has 0 aliphatic carbocycles. The van der Waals surface area contributed by atoms with Crippen LogP contribution in [0.2, 0.25) is 0 Å². The van der Waals surface area contributed by atoms with E-state index >= 15 is 0 Å². The number of fused-ring (bicyclic) bond motifs is 2. The Morgan fingerprint density at radius 3 is 2.43 bits per heavy atom. The van der Waals surface area contributed by atoms with E-state index < -0.39 is 33.7 Å². The van der Waals surface area contributed by atoms with Crippen molar-refractivity contribution in [3.63, 3.8) is 0 Å². The standard InChI is InChI=1S/C13H12F2N2O4/c14-10-4-12(17(19)20)11(15)3-9(10)13(18)16-5-7-1-2-8(6-16)21-7/h3-4,7-8H,1-2,5-6H2. The maximum atomic E-state index is 13.9. The first-order chi connectivity index (χ1) is 9.95. The normalized spacial score (nSPS) is 24.2. The topological polar surface area (TPSA) is 72.7 Å². The van der Waals surface area contributed by atoms with Crippen molar-refractivity contribution < 1.29 is 23.2 Å². The highest BCUT2D eigenvalue weighted by Crippen LogP contribution is 2.28. The number of morpholine rings is 1. The molecule has 2 atom stereocenters. The highest BCUT2D eigenvalue weighted by atomic mass is 19.1. The summed E-state index contributed by atoms with van der Waals surface area (Å²) in [5.74, 6) is -2.98. The minimum atomic E-state index is -1.22. The van der Waals surface area contributed by atoms with Crippen LogP contribution in [0.1, 0.15) is 23.2 Å². The van der Waals surface area contributed by atoms with Crippen LogP contribution in [0.15, 0.2) is 12.1 Å². The second kappa shape index (κ2) is 5.03. The van der Waals surface area contributed by atoms with Gasteiger partial charge in [-0.05, 0) is 18.9 Å². The zero-order valence-corrected chi connectivity index (χ0v) is 10.9. The highest BCUT2D eigenvalue weighted by Gasteiger charge is 2.37. The molecule has 1 aromatic carbocycles. The number of ether oxygens (including phenoxy) is 1. The van der Waals surface area contributed by atoms with Crippen LogP contribution >= 0.6 is 0 Å². The van der Waals surface area contributed by atoms with Crippen LogP contribution in [0.4, 0.5) is 14.5 Å². The lowest BCUT2D eigenvalue weighted by Gasteiger charge is -2.32. The summed E-state index contributed by atoms with van der Waals surface area (Å²) < 4.78 is 33.0. The van der Waals surface area contributed by atoms with Crippen LogP contribution in [-0.2, 0) is 4.74 Å². The first kappa shape index (κ1) is 13.9. The number of nitro groups is 1. The molecule has 0 saturated carbocycles. The fourth-order valence-electron chi connectivity index (χ4n) is 2.79. The molecule has 0 aromatic heterocycles. The predicted molar refractivity (Wildman–Crippen MR) is 66.8 cm³/mol. The van der Waals surface area contributed by atoms with Crippen LogP contribution in [0.3, 0.4) is 0 Å². The van der Waals surface area contributed by atoms with Gasteiger partial charge in [0.2, 0.25) is 5.82 Å². The Balaban J connectivity index is 1.88. The molecular formula is C13H12F2N2O4. The Kier molecular flexibility index (Phi) is 3.32. The molecule has 2 aliphatic heterocycles. The molecule has 8 heteroatoms. The van der Waals surface area contributed by atoms with E-state index in [0.29, 0.717) is 25.2 Å². The van der Waals surface area contributed by atoms with E-state index in [2.05, 4.69) is 0 Å². The van der Waals surface area contributed by atoms with E-state index in [-0.39, 0.29) is 12.2 Å². The molecule has 0 N–H and O–H groups in total. The van der Waals surface area contributed by atoms with Gasteiger partial charge in [0.05, 0.1) is 28.8 Å². The molecule has 2 saturated heterocycles. The maximum Gasteiger partial charge on any atom is 0.307 e. The molecule has 0 spiro atoms. The molecule has 2 bridgehead atoms. The number of carbonyl (C=O) groups excluding carboxylic acids is 1. The summed E-state index contributed by atoms with van der Waals surface area (Å²) in [6.07, 6.45) is 1.54. The van der Waals surface area contributed by atoms with Crippen LogP contribution in [0, 0.1) is 21.7 Å². The van der Waals surface area contributed by atoms with Crippen molar-refractivity contribution in [3.05, 3.63) is 39.4 Å². The van der Waals surface area contributed by atoms with E-state index in [4.69, 9.17) is 4.74 Å². The molecule has 112 valence electrons. The van der Waals surface area contributed by atoms with E-state index in [1.807, 2.05) is 0 Å². The number of amides is 1. The van der Waals surface area contributed by atoms with Gasteiger partial charge in [-0.1, -0.05) is 0 Å². The molecular weight excluding hydrogens is 286 g/mol. The van der Waals surface area contributed by atoms with Gasteiger partial charge in [0.1, 0.15) is 5.82 Å². The van der Waals surface area contributed by atoms with Crippen molar-refractivity contribution in [2.75, 3.05) is 13.1 Å². The van der Waals surface area contributed by atoms with Gasteiger partial charge >= 0.3 is 5.69 Å². The number of likely N-dealkylation sites (tertiary alicyclic amines) is 1. The third-order valence-electron chi connectivity index (χ3n) is 3.79. The van der Waals surface area contributed by atoms with Gasteiger partial charge < -0.3 is 9.64 Å². The van der Waals surface area contributed by atoms with Crippen molar-refractivity contribution in [1.82, 2.24) is 4.90 Å². The smallest absolute Gasteiger partial charge is 0.307 e. The Labute approximate surface area is 118 Å². The van der Waals surface area contributed by atoms with Gasteiger partial charge in [-0.25, -0.2) is 4.39 Å². The van der Waals surface area contributed by atoms with Crippen LogP contribution in [0.5, 0.6) is 0 Å². The second-order valence-corrected chi connectivity index (χ2v) is 5.21. The predicted octanol–water partition coefficient (Wildman–Crippen LogP) is 1.88. The van der Waals surface area contributed by atoms with Crippen LogP contribution in [0.25, 0.3) is 0 Å². The van der Waals surface area contributed by atoms with Gasteiger partial charge in [-0.15, -0.1) is 0 Å². The SMILES string of the molecule is O=C(c1cc(F)c([N+](=O)[O-])cc1F)N1CC2CCC(C1)O2. The number of carbonyl (C=O) groups is 1. The summed E-state index contributed by atoms with van der Waals surface area (Å²) in [7, 11) is 0. The molecule has 1 aromatic rings. The summed E-state index contributed by atoms with van der Waals surface area (Å²) in [6, 6.07) is 1.03. The lowest BCUT2D eigenvalue weighted by atomic mass is 10.1. The molecule has 2 heterocycles. The largest absolute Gasteiger partial charge is 0.371 e. The van der Waals surface area contributed by atoms with Gasteiger partial charge in [0.15, 0.2) is 0 Å². The minimum Gasteiger partial charge on any atom is -0.371 e. The summed E-state index contributed by atoms with van der Waals surface area (Å²) in [5.41, 5.74) is -1.47. The highest BCUT2D eigenvalue weighted by molar-refractivity contribution is 5.95. The minimum absolute atomic E-state index is 0.0707. The summed E-state index contributed by atoms with van der Waals surface area (Å²) >= 11 is 0. The van der Waals surface area contributed by atoms with Gasteiger partial charge in [-0.3, -0.25) is 14.9 Å². The van der Waals surface area contributed by atoms with E-state index in [1.54, 1.807) is 0 Å². The molecule has 0 radical (unpaired) electrons. The van der Waals surface area contributed by atoms with Crippen molar-refractivity contribution >= 4 is 11.6 Å². The van der Waals surface area contributed by atoms with Crippen molar-refractivity contribution in [2.45, 2.75) is 25.0 Å². The summed E-state index contributed by atoms with van der Waals surface area (Å²) in [4.78, 5) is 23.2. The molecule has 2 unspecified atom stereocenters. The molecule has 2 aliphatic rings. The molecule has 21 heavy (non-hydrogen) atoms. The van der Waals surface area contributed by atoms with Gasteiger partial charge in [0, 0.05) is 13.1 Å². The molecule has 2 fully saturated rings. The monoisotopic (exact) mass is 298 g/mol. The number of hydrogen-bond donors (Lipinski definition) is 0. The number of benzene rings is 1. The average molecular weight is 298 g/mol. The van der Waals surface area contributed by atoms with Crippen molar-refractivity contribution in [1.29, 1.82) is 0 Å². The first-order valence-electron chi connectivity index (χ1n) is 6.54. The third-order valence-corrected chi connectivity index (χ3v) is 3.79. The Morgan fingerprint density at radius 2 is 1.86 bits per heavy atom. The number of halogens is 2. The lowest BCUT2D eigenvalue weighted by Crippen LogP contribution is -2.46. The van der Waals surface area contributed by atoms with Crippen LogP contribution in [-0.4, -0.2) is 41.0 Å². The van der Waals surface area contributed by atoms with Crippen molar-refractivity contribution in [2.24, 2.45) is 0 Å². The number of hydrogen-bond acceptors (Lipinski definition) is 4. The van der Waals surface area contributed by atoms with E-state index in [9.17, 15) is 23.7 Å². The zero-order valence-electron chi connectivity index (χ0n) is 10.9. The third kappa shape index (κ3) is 2.46. The fraction of sp³-hybridized carbons (Fsp3) is 0.462. The number of nitro benzene ring substituents is 1. The second-order valence-electron chi connectivity index (χ2n) is 5.21. The number of rotatable bonds is 2. The van der Waals surface area contributed by atoms with E-state index in [1.165, 1.54) is 4.90 Å². The zero-order chi connectivity index (χ0) is 15.1. The van der Waals surface area contributed by atoms with Gasteiger partial charge in [-0.2, -0.15) is 4.39 Å². The molecule has 6 nitrogen and oxygen atoms in total.